The molecule has 0 fully saturated rings. The van der Waals surface area contributed by atoms with Gasteiger partial charge in [-0.25, -0.2) is 0 Å². The van der Waals surface area contributed by atoms with Crippen molar-refractivity contribution in [1.29, 1.82) is 5.26 Å². The SMILES string of the molecule is N#CC(C(=O)NOc1cccc(C(F)(F)F)c1)C(=O)c1cccc(Oc2ccccc2)c1. The largest absolute Gasteiger partial charge is 0.457 e. The van der Waals surface area contributed by atoms with Gasteiger partial charge in [0, 0.05) is 5.56 Å². The molecule has 0 spiro atoms. The number of halogens is 3. The van der Waals surface area contributed by atoms with Crippen LogP contribution in [0.25, 0.3) is 0 Å². The van der Waals surface area contributed by atoms with Crippen molar-refractivity contribution < 1.29 is 32.3 Å². The molecule has 0 bridgehead atoms. The summed E-state index contributed by atoms with van der Waals surface area (Å²) in [5, 5.41) is 9.31. The van der Waals surface area contributed by atoms with Gasteiger partial charge >= 0.3 is 6.18 Å². The van der Waals surface area contributed by atoms with E-state index in [0.717, 1.165) is 12.1 Å². The second kappa shape index (κ2) is 9.66. The molecule has 0 heterocycles. The average molecular weight is 440 g/mol. The highest BCUT2D eigenvalue weighted by atomic mass is 19.4. The van der Waals surface area contributed by atoms with Crippen molar-refractivity contribution in [3.8, 4) is 23.3 Å². The van der Waals surface area contributed by atoms with Gasteiger partial charge in [-0.2, -0.15) is 23.9 Å². The van der Waals surface area contributed by atoms with E-state index in [2.05, 4.69) is 0 Å². The number of nitrogens with one attached hydrogen (secondary N) is 1. The third-order valence-electron chi connectivity index (χ3n) is 4.18. The van der Waals surface area contributed by atoms with Crippen LogP contribution in [-0.2, 0) is 11.0 Å². The highest BCUT2D eigenvalue weighted by molar-refractivity contribution is 6.12. The topological polar surface area (TPSA) is 88.4 Å². The molecule has 0 saturated heterocycles. The van der Waals surface area contributed by atoms with Gasteiger partial charge in [0.2, 0.25) is 0 Å². The van der Waals surface area contributed by atoms with Crippen molar-refractivity contribution in [2.45, 2.75) is 6.18 Å². The Hall–Kier alpha value is -4.32. The van der Waals surface area contributed by atoms with Crippen molar-refractivity contribution in [3.63, 3.8) is 0 Å². The first-order valence-electron chi connectivity index (χ1n) is 9.18. The number of carbonyl (C=O) groups is 2. The molecule has 3 aromatic carbocycles. The fraction of sp³-hybridized carbons (Fsp3) is 0.0870. The highest BCUT2D eigenvalue weighted by Crippen LogP contribution is 2.31. The van der Waals surface area contributed by atoms with E-state index in [9.17, 15) is 28.0 Å². The van der Waals surface area contributed by atoms with E-state index in [1.165, 1.54) is 24.3 Å². The van der Waals surface area contributed by atoms with Crippen LogP contribution in [0.3, 0.4) is 0 Å². The summed E-state index contributed by atoms with van der Waals surface area (Å²) in [4.78, 5) is 29.8. The van der Waals surface area contributed by atoms with Crippen LogP contribution in [-0.4, -0.2) is 11.7 Å². The van der Waals surface area contributed by atoms with E-state index in [-0.39, 0.29) is 11.3 Å². The average Bonchev–Trinajstić information content (AvgIpc) is 2.78. The van der Waals surface area contributed by atoms with Gasteiger partial charge in [-0.15, -0.1) is 0 Å². The summed E-state index contributed by atoms with van der Waals surface area (Å²) in [6.07, 6.45) is -4.60. The predicted octanol–water partition coefficient (Wildman–Crippen LogP) is 4.93. The molecule has 6 nitrogen and oxygen atoms in total. The van der Waals surface area contributed by atoms with Gasteiger partial charge in [0.05, 0.1) is 11.6 Å². The molecule has 1 unspecified atom stereocenters. The van der Waals surface area contributed by atoms with E-state index in [1.54, 1.807) is 36.4 Å². The lowest BCUT2D eigenvalue weighted by Gasteiger charge is -2.12. The molecule has 0 radical (unpaired) electrons. The number of ketones is 1. The molecule has 0 saturated carbocycles. The summed E-state index contributed by atoms with van der Waals surface area (Å²) in [5.41, 5.74) is 0.915. The van der Waals surface area contributed by atoms with Gasteiger partial charge in [0.25, 0.3) is 5.91 Å². The van der Waals surface area contributed by atoms with Crippen molar-refractivity contribution >= 4 is 11.7 Å². The summed E-state index contributed by atoms with van der Waals surface area (Å²) in [6, 6.07) is 20.0. The van der Waals surface area contributed by atoms with E-state index in [1.807, 2.05) is 11.5 Å². The third kappa shape index (κ3) is 5.64. The van der Waals surface area contributed by atoms with E-state index in [4.69, 9.17) is 9.57 Å². The first-order chi connectivity index (χ1) is 15.3. The van der Waals surface area contributed by atoms with Crippen LogP contribution in [0.15, 0.2) is 78.9 Å². The minimum absolute atomic E-state index is 0.0409. The minimum Gasteiger partial charge on any atom is -0.457 e. The second-order valence-corrected chi connectivity index (χ2v) is 6.46. The number of hydrogen-bond acceptors (Lipinski definition) is 5. The molecule has 3 aromatic rings. The summed E-state index contributed by atoms with van der Waals surface area (Å²) in [5.74, 6) is -3.19. The Kier molecular flexibility index (Phi) is 6.75. The second-order valence-electron chi connectivity index (χ2n) is 6.46. The first-order valence-corrected chi connectivity index (χ1v) is 9.18. The zero-order valence-corrected chi connectivity index (χ0v) is 16.3. The predicted molar refractivity (Wildman–Crippen MR) is 107 cm³/mol. The van der Waals surface area contributed by atoms with Gasteiger partial charge in [-0.3, -0.25) is 9.59 Å². The number of hydroxylamine groups is 1. The zero-order valence-electron chi connectivity index (χ0n) is 16.3. The molecular weight excluding hydrogens is 425 g/mol. The number of carbonyl (C=O) groups excluding carboxylic acids is 2. The molecule has 1 atom stereocenters. The van der Waals surface area contributed by atoms with Gasteiger partial charge in [0.1, 0.15) is 11.5 Å². The molecule has 1 N–H and O–H groups in total. The Morgan fingerprint density at radius 3 is 2.22 bits per heavy atom. The van der Waals surface area contributed by atoms with Crippen molar-refractivity contribution in [3.05, 3.63) is 90.0 Å². The monoisotopic (exact) mass is 440 g/mol. The summed E-state index contributed by atoms with van der Waals surface area (Å²) >= 11 is 0. The van der Waals surface area contributed by atoms with Crippen molar-refractivity contribution in [2.24, 2.45) is 5.92 Å². The maximum atomic E-state index is 12.8. The molecule has 9 heteroatoms. The Morgan fingerprint density at radius 1 is 0.875 bits per heavy atom. The molecule has 3 rings (SSSR count). The standard InChI is InChI=1S/C23H15F3N2O4/c24-23(25,26)16-7-5-11-19(13-16)32-28-22(30)20(14-27)21(29)15-6-4-10-18(12-15)31-17-8-2-1-3-9-17/h1-13,20H,(H,28,30). The summed E-state index contributed by atoms with van der Waals surface area (Å²) in [7, 11) is 0. The number of Topliss-reactive ketones (excluding diaryl/α,β-unsaturated/α-hetero) is 1. The third-order valence-corrected chi connectivity index (χ3v) is 4.18. The van der Waals surface area contributed by atoms with Gasteiger partial charge in [0.15, 0.2) is 17.5 Å². The van der Waals surface area contributed by atoms with Crippen LogP contribution < -0.4 is 15.1 Å². The van der Waals surface area contributed by atoms with Crippen LogP contribution >= 0.6 is 0 Å². The quantitative estimate of drug-likeness (QED) is 0.320. The number of para-hydroxylation sites is 1. The smallest absolute Gasteiger partial charge is 0.416 e. The maximum Gasteiger partial charge on any atom is 0.416 e. The number of nitrogens with zero attached hydrogens (tertiary/aromatic N) is 1. The number of benzene rings is 3. The highest BCUT2D eigenvalue weighted by Gasteiger charge is 2.31. The van der Waals surface area contributed by atoms with Crippen LogP contribution in [0.2, 0.25) is 0 Å². The number of amides is 1. The lowest BCUT2D eigenvalue weighted by Crippen LogP contribution is -2.36. The van der Waals surface area contributed by atoms with Gasteiger partial charge < -0.3 is 9.57 Å². The number of ether oxygens (including phenoxy) is 1. The summed E-state index contributed by atoms with van der Waals surface area (Å²) in [6.45, 7) is 0. The van der Waals surface area contributed by atoms with Crippen molar-refractivity contribution in [2.75, 3.05) is 0 Å². The zero-order chi connectivity index (χ0) is 23.1. The van der Waals surface area contributed by atoms with E-state index >= 15 is 0 Å². The van der Waals surface area contributed by atoms with Gasteiger partial charge in [-0.1, -0.05) is 36.4 Å². The molecule has 0 aliphatic rings. The lowest BCUT2D eigenvalue weighted by molar-refractivity contribution is -0.137. The lowest BCUT2D eigenvalue weighted by atomic mass is 9.98. The van der Waals surface area contributed by atoms with Crippen LogP contribution in [0.4, 0.5) is 13.2 Å². The molecule has 32 heavy (non-hydrogen) atoms. The van der Waals surface area contributed by atoms with Crippen LogP contribution in [0.5, 0.6) is 17.2 Å². The minimum atomic E-state index is -4.60. The number of nitriles is 1. The molecular formula is C23H15F3N2O4. The van der Waals surface area contributed by atoms with Crippen LogP contribution in [0, 0.1) is 17.2 Å². The molecule has 0 aliphatic carbocycles. The Morgan fingerprint density at radius 2 is 1.53 bits per heavy atom. The van der Waals surface area contributed by atoms with Crippen LogP contribution in [0.1, 0.15) is 15.9 Å². The molecule has 0 aromatic heterocycles. The molecule has 1 amide bonds. The van der Waals surface area contributed by atoms with Gasteiger partial charge in [-0.05, 0) is 42.5 Å². The molecule has 162 valence electrons. The Bertz CT molecular complexity index is 1160. The first kappa shape index (κ1) is 22.4. The fourth-order valence-electron chi connectivity index (χ4n) is 2.64. The normalized spacial score (nSPS) is 11.7. The Balaban J connectivity index is 1.69. The number of hydrogen-bond donors (Lipinski definition) is 1. The fourth-order valence-corrected chi connectivity index (χ4v) is 2.64. The number of rotatable bonds is 7. The van der Waals surface area contributed by atoms with E-state index < -0.39 is 29.3 Å². The van der Waals surface area contributed by atoms with E-state index in [0.29, 0.717) is 17.6 Å². The molecule has 0 aliphatic heterocycles. The maximum absolute atomic E-state index is 12.8. The summed E-state index contributed by atoms with van der Waals surface area (Å²) < 4.78 is 44.0. The number of alkyl halides is 3. The Labute approximate surface area is 180 Å². The van der Waals surface area contributed by atoms with Crippen molar-refractivity contribution in [1.82, 2.24) is 5.48 Å².